The third-order valence-electron chi connectivity index (χ3n) is 3.19. The van der Waals surface area contributed by atoms with Crippen LogP contribution in [0, 0.1) is 0 Å². The fraction of sp³-hybridized carbons (Fsp3) is 0.143. The molecule has 1 amide bonds. The van der Waals surface area contributed by atoms with Gasteiger partial charge in [-0.2, -0.15) is 0 Å². The molecule has 0 aliphatic carbocycles. The standard InChI is InChI=1S/C14H14N4O2/c15-18-13-10(5-3-7-16-13)14(19)17-11-8-20-12-6-2-1-4-9(11)12/h1-7,11H,8,15H2,(H,16,18)(H,17,19). The number of carbonyl (C=O) groups is 1. The van der Waals surface area contributed by atoms with Crippen molar-refractivity contribution in [3.8, 4) is 5.75 Å². The van der Waals surface area contributed by atoms with Gasteiger partial charge in [-0.05, 0) is 18.2 Å². The summed E-state index contributed by atoms with van der Waals surface area (Å²) in [6, 6.07) is 10.8. The lowest BCUT2D eigenvalue weighted by atomic mass is 10.1. The number of para-hydroxylation sites is 1. The summed E-state index contributed by atoms with van der Waals surface area (Å²) >= 11 is 0. The molecule has 0 spiro atoms. The Bertz CT molecular complexity index is 645. The third kappa shape index (κ3) is 2.17. The Morgan fingerprint density at radius 2 is 2.15 bits per heavy atom. The van der Waals surface area contributed by atoms with Crippen LogP contribution in [0.1, 0.15) is 22.0 Å². The van der Waals surface area contributed by atoms with Crippen LogP contribution in [-0.2, 0) is 0 Å². The largest absolute Gasteiger partial charge is 0.491 e. The highest BCUT2D eigenvalue weighted by Gasteiger charge is 2.26. The Morgan fingerprint density at radius 3 is 3.00 bits per heavy atom. The van der Waals surface area contributed by atoms with E-state index in [0.29, 0.717) is 18.0 Å². The molecule has 2 aromatic rings. The highest BCUT2D eigenvalue weighted by molar-refractivity contribution is 5.98. The quantitative estimate of drug-likeness (QED) is 0.576. The Labute approximate surface area is 115 Å². The maximum absolute atomic E-state index is 12.3. The average Bonchev–Trinajstić information content (AvgIpc) is 2.90. The van der Waals surface area contributed by atoms with Crippen LogP contribution in [-0.4, -0.2) is 17.5 Å². The Morgan fingerprint density at radius 1 is 1.30 bits per heavy atom. The topological polar surface area (TPSA) is 89.3 Å². The minimum atomic E-state index is -0.239. The Kier molecular flexibility index (Phi) is 3.22. The van der Waals surface area contributed by atoms with E-state index in [2.05, 4.69) is 15.7 Å². The summed E-state index contributed by atoms with van der Waals surface area (Å²) in [6.45, 7) is 0.427. The number of carbonyl (C=O) groups excluding carboxylic acids is 1. The van der Waals surface area contributed by atoms with Crippen LogP contribution in [0.5, 0.6) is 5.75 Å². The molecule has 0 radical (unpaired) electrons. The molecule has 20 heavy (non-hydrogen) atoms. The number of rotatable bonds is 3. The lowest BCUT2D eigenvalue weighted by molar-refractivity contribution is 0.0931. The van der Waals surface area contributed by atoms with Crippen LogP contribution in [0.25, 0.3) is 0 Å². The molecule has 102 valence electrons. The van der Waals surface area contributed by atoms with Crippen molar-refractivity contribution in [1.82, 2.24) is 10.3 Å². The smallest absolute Gasteiger partial charge is 0.255 e. The van der Waals surface area contributed by atoms with Crippen LogP contribution in [0.15, 0.2) is 42.6 Å². The zero-order chi connectivity index (χ0) is 13.9. The van der Waals surface area contributed by atoms with E-state index < -0.39 is 0 Å². The summed E-state index contributed by atoms with van der Waals surface area (Å²) in [5, 5.41) is 2.93. The van der Waals surface area contributed by atoms with Crippen LogP contribution in [0.4, 0.5) is 5.82 Å². The summed E-state index contributed by atoms with van der Waals surface area (Å²) < 4.78 is 5.53. The van der Waals surface area contributed by atoms with E-state index in [1.165, 1.54) is 0 Å². The number of anilines is 1. The molecule has 0 bridgehead atoms. The molecule has 1 atom stereocenters. The molecule has 4 N–H and O–H groups in total. The summed E-state index contributed by atoms with van der Waals surface area (Å²) in [5.41, 5.74) is 3.80. The van der Waals surface area contributed by atoms with Crippen molar-refractivity contribution in [3.63, 3.8) is 0 Å². The maximum Gasteiger partial charge on any atom is 0.255 e. The van der Waals surface area contributed by atoms with Crippen molar-refractivity contribution in [2.45, 2.75) is 6.04 Å². The molecule has 1 unspecified atom stereocenters. The molecule has 0 saturated carbocycles. The first-order valence-corrected chi connectivity index (χ1v) is 6.24. The number of nitrogen functional groups attached to an aromatic ring is 1. The first-order chi connectivity index (χ1) is 9.79. The van der Waals surface area contributed by atoms with Crippen molar-refractivity contribution in [2.75, 3.05) is 12.0 Å². The summed E-state index contributed by atoms with van der Waals surface area (Å²) in [4.78, 5) is 16.3. The van der Waals surface area contributed by atoms with Gasteiger partial charge in [0.15, 0.2) is 5.82 Å². The monoisotopic (exact) mass is 270 g/mol. The number of pyridine rings is 1. The molecule has 1 aromatic heterocycles. The lowest BCUT2D eigenvalue weighted by Gasteiger charge is -2.13. The van der Waals surface area contributed by atoms with Crippen molar-refractivity contribution >= 4 is 11.7 Å². The second-order valence-corrected chi connectivity index (χ2v) is 4.42. The maximum atomic E-state index is 12.3. The Balaban J connectivity index is 1.81. The number of hydrogen-bond acceptors (Lipinski definition) is 5. The number of ether oxygens (including phenoxy) is 1. The van der Waals surface area contributed by atoms with Gasteiger partial charge in [0.2, 0.25) is 0 Å². The lowest BCUT2D eigenvalue weighted by Crippen LogP contribution is -2.30. The molecule has 6 heteroatoms. The summed E-state index contributed by atoms with van der Waals surface area (Å²) in [7, 11) is 0. The average molecular weight is 270 g/mol. The highest BCUT2D eigenvalue weighted by atomic mass is 16.5. The molecule has 1 aliphatic rings. The summed E-state index contributed by atoms with van der Waals surface area (Å²) in [5.74, 6) is 6.27. The minimum Gasteiger partial charge on any atom is -0.491 e. The first kappa shape index (κ1) is 12.4. The SMILES string of the molecule is NNc1ncccc1C(=O)NC1COc2ccccc21. The molecule has 1 aliphatic heterocycles. The molecular formula is C14H14N4O2. The number of nitrogens with one attached hydrogen (secondary N) is 2. The van der Waals surface area contributed by atoms with Gasteiger partial charge in [0, 0.05) is 11.8 Å². The molecule has 2 heterocycles. The molecule has 1 aromatic carbocycles. The number of fused-ring (bicyclic) bond motifs is 1. The van der Waals surface area contributed by atoms with E-state index in [1.807, 2.05) is 24.3 Å². The summed E-state index contributed by atoms with van der Waals surface area (Å²) in [6.07, 6.45) is 1.57. The number of hydrogen-bond donors (Lipinski definition) is 3. The second kappa shape index (κ2) is 5.18. The van der Waals surface area contributed by atoms with E-state index in [0.717, 1.165) is 11.3 Å². The fourth-order valence-electron chi connectivity index (χ4n) is 2.22. The second-order valence-electron chi connectivity index (χ2n) is 4.42. The van der Waals surface area contributed by atoms with Gasteiger partial charge in [0.25, 0.3) is 5.91 Å². The van der Waals surface area contributed by atoms with Gasteiger partial charge in [-0.3, -0.25) is 4.79 Å². The predicted molar refractivity (Wildman–Crippen MR) is 74.2 cm³/mol. The number of benzene rings is 1. The van der Waals surface area contributed by atoms with Gasteiger partial charge >= 0.3 is 0 Å². The number of nitrogens with two attached hydrogens (primary N) is 1. The van der Waals surface area contributed by atoms with Crippen LogP contribution < -0.4 is 21.3 Å². The van der Waals surface area contributed by atoms with Gasteiger partial charge in [0.05, 0.1) is 11.6 Å². The van der Waals surface area contributed by atoms with Gasteiger partial charge in [-0.15, -0.1) is 0 Å². The van der Waals surface area contributed by atoms with Crippen molar-refractivity contribution in [3.05, 3.63) is 53.7 Å². The van der Waals surface area contributed by atoms with Crippen LogP contribution in [0.2, 0.25) is 0 Å². The zero-order valence-corrected chi connectivity index (χ0v) is 10.7. The molecule has 0 saturated heterocycles. The van der Waals surface area contributed by atoms with Crippen molar-refractivity contribution in [1.29, 1.82) is 0 Å². The number of aromatic nitrogens is 1. The van der Waals surface area contributed by atoms with Gasteiger partial charge in [0.1, 0.15) is 12.4 Å². The molecule has 3 rings (SSSR count). The van der Waals surface area contributed by atoms with Gasteiger partial charge in [-0.1, -0.05) is 18.2 Å². The van der Waals surface area contributed by atoms with E-state index in [9.17, 15) is 4.79 Å². The number of hydrazine groups is 1. The number of nitrogens with zero attached hydrogens (tertiary/aromatic N) is 1. The van der Waals surface area contributed by atoms with Crippen molar-refractivity contribution in [2.24, 2.45) is 5.84 Å². The predicted octanol–water partition coefficient (Wildman–Crippen LogP) is 1.23. The fourth-order valence-corrected chi connectivity index (χ4v) is 2.22. The van der Waals surface area contributed by atoms with Gasteiger partial charge < -0.3 is 15.5 Å². The van der Waals surface area contributed by atoms with Gasteiger partial charge in [-0.25, -0.2) is 10.8 Å². The third-order valence-corrected chi connectivity index (χ3v) is 3.19. The van der Waals surface area contributed by atoms with E-state index in [-0.39, 0.29) is 11.9 Å². The van der Waals surface area contributed by atoms with Crippen LogP contribution >= 0.6 is 0 Å². The van der Waals surface area contributed by atoms with Crippen molar-refractivity contribution < 1.29 is 9.53 Å². The normalized spacial score (nSPS) is 16.1. The van der Waals surface area contributed by atoms with E-state index in [4.69, 9.17) is 10.6 Å². The van der Waals surface area contributed by atoms with Crippen LogP contribution in [0.3, 0.4) is 0 Å². The van der Waals surface area contributed by atoms with E-state index >= 15 is 0 Å². The molecular weight excluding hydrogens is 256 g/mol. The first-order valence-electron chi connectivity index (χ1n) is 6.24. The molecule has 6 nitrogen and oxygen atoms in total. The Hall–Kier alpha value is -2.60. The minimum absolute atomic E-state index is 0.162. The molecule has 0 fully saturated rings. The zero-order valence-electron chi connectivity index (χ0n) is 10.7. The highest BCUT2D eigenvalue weighted by Crippen LogP contribution is 2.31. The number of amides is 1. The van der Waals surface area contributed by atoms with E-state index in [1.54, 1.807) is 18.3 Å².